The molecule has 2 N–H and O–H groups in total. The Morgan fingerprint density at radius 2 is 1.81 bits per heavy atom. The van der Waals surface area contributed by atoms with Crippen LogP contribution in [0.4, 0.5) is 21.6 Å². The van der Waals surface area contributed by atoms with Gasteiger partial charge in [0.15, 0.2) is 0 Å². The van der Waals surface area contributed by atoms with Crippen LogP contribution in [0.5, 0.6) is 0 Å². The van der Waals surface area contributed by atoms with Crippen LogP contribution < -0.4 is 10.6 Å². The van der Waals surface area contributed by atoms with Gasteiger partial charge in [-0.1, -0.05) is 29.8 Å². The van der Waals surface area contributed by atoms with Gasteiger partial charge in [0.05, 0.1) is 5.69 Å². The van der Waals surface area contributed by atoms with E-state index in [4.69, 9.17) is 11.6 Å². The normalized spacial score (nSPS) is 10.5. The van der Waals surface area contributed by atoms with Crippen molar-refractivity contribution < 1.29 is 9.18 Å². The Morgan fingerprint density at radius 1 is 1.04 bits per heavy atom. The van der Waals surface area contributed by atoms with E-state index in [9.17, 15) is 9.18 Å². The van der Waals surface area contributed by atoms with Gasteiger partial charge in [0, 0.05) is 16.8 Å². The van der Waals surface area contributed by atoms with Crippen molar-refractivity contribution in [2.45, 2.75) is 13.8 Å². The average Bonchev–Trinajstić information content (AvgIpc) is 2.59. The van der Waals surface area contributed by atoms with Gasteiger partial charge in [-0.2, -0.15) is 0 Å². The Balaban J connectivity index is 1.86. The number of amides is 1. The highest BCUT2D eigenvalue weighted by Crippen LogP contribution is 2.22. The fraction of sp³-hybridized carbons (Fsp3) is 0.105. The lowest BCUT2D eigenvalue weighted by Gasteiger charge is -2.11. The number of benzene rings is 2. The molecule has 0 aliphatic rings. The number of carbonyl (C=O) groups excluding carboxylic acids is 1. The summed E-state index contributed by atoms with van der Waals surface area (Å²) in [6.45, 7) is 3.52. The number of nitrogens with one attached hydrogen (secondary N) is 2. The first-order valence-electron chi connectivity index (χ1n) is 7.87. The predicted molar refractivity (Wildman–Crippen MR) is 101 cm³/mol. The summed E-state index contributed by atoms with van der Waals surface area (Å²) in [7, 11) is 0. The zero-order chi connectivity index (χ0) is 18.7. The van der Waals surface area contributed by atoms with Crippen molar-refractivity contribution in [2.75, 3.05) is 10.6 Å². The number of rotatable bonds is 4. The summed E-state index contributed by atoms with van der Waals surface area (Å²) in [5, 5.41) is 6.17. The van der Waals surface area contributed by atoms with Crippen molar-refractivity contribution in [2.24, 2.45) is 0 Å². The van der Waals surface area contributed by atoms with Crippen LogP contribution in [0, 0.1) is 19.7 Å². The molecule has 2 aromatic carbocycles. The molecule has 1 heterocycles. The third kappa shape index (κ3) is 4.15. The standard InChI is InChI=1S/C19H16ClFN4O/c1-11-7-8-13(20)9-16(11)25-19(26)17-10-18(23-12(2)22-17)24-15-6-4-3-5-14(15)21/h3-10H,1-2H3,(H,25,26)(H,22,23,24). The van der Waals surface area contributed by atoms with E-state index < -0.39 is 11.7 Å². The van der Waals surface area contributed by atoms with Crippen LogP contribution in [0.25, 0.3) is 0 Å². The largest absolute Gasteiger partial charge is 0.338 e. The lowest BCUT2D eigenvalue weighted by molar-refractivity contribution is 0.102. The zero-order valence-electron chi connectivity index (χ0n) is 14.2. The van der Waals surface area contributed by atoms with E-state index in [0.29, 0.717) is 22.4 Å². The number of anilines is 3. The molecule has 3 rings (SSSR count). The predicted octanol–water partition coefficient (Wildman–Crippen LogP) is 4.88. The Labute approximate surface area is 155 Å². The quantitative estimate of drug-likeness (QED) is 0.686. The molecule has 0 saturated carbocycles. The number of aryl methyl sites for hydroxylation is 2. The van der Waals surface area contributed by atoms with Crippen molar-refractivity contribution in [3.8, 4) is 0 Å². The van der Waals surface area contributed by atoms with Crippen molar-refractivity contribution >= 4 is 34.7 Å². The van der Waals surface area contributed by atoms with Gasteiger partial charge in [-0.05, 0) is 43.7 Å². The topological polar surface area (TPSA) is 66.9 Å². The van der Waals surface area contributed by atoms with E-state index in [1.54, 1.807) is 37.3 Å². The molecule has 5 nitrogen and oxygen atoms in total. The second-order valence-electron chi connectivity index (χ2n) is 5.70. The molecule has 26 heavy (non-hydrogen) atoms. The molecule has 7 heteroatoms. The highest BCUT2D eigenvalue weighted by atomic mass is 35.5. The molecule has 0 fully saturated rings. The smallest absolute Gasteiger partial charge is 0.274 e. The van der Waals surface area contributed by atoms with E-state index >= 15 is 0 Å². The molecule has 0 spiro atoms. The molecular weight excluding hydrogens is 355 g/mol. The van der Waals surface area contributed by atoms with Crippen LogP contribution in [0.15, 0.2) is 48.5 Å². The third-order valence-corrected chi connectivity index (χ3v) is 3.89. The molecule has 3 aromatic rings. The highest BCUT2D eigenvalue weighted by Gasteiger charge is 2.13. The monoisotopic (exact) mass is 370 g/mol. The minimum Gasteiger partial charge on any atom is -0.338 e. The number of para-hydroxylation sites is 1. The van der Waals surface area contributed by atoms with E-state index in [2.05, 4.69) is 20.6 Å². The Morgan fingerprint density at radius 3 is 2.58 bits per heavy atom. The number of hydrogen-bond acceptors (Lipinski definition) is 4. The van der Waals surface area contributed by atoms with Gasteiger partial charge < -0.3 is 10.6 Å². The SMILES string of the molecule is Cc1nc(Nc2ccccc2F)cc(C(=O)Nc2cc(Cl)ccc2C)n1. The molecule has 1 aromatic heterocycles. The first-order chi connectivity index (χ1) is 12.4. The summed E-state index contributed by atoms with van der Waals surface area (Å²) in [4.78, 5) is 20.9. The number of carbonyl (C=O) groups is 1. The van der Waals surface area contributed by atoms with E-state index in [1.165, 1.54) is 12.1 Å². The van der Waals surface area contributed by atoms with Gasteiger partial charge in [-0.3, -0.25) is 4.79 Å². The minimum absolute atomic E-state index is 0.163. The first kappa shape index (κ1) is 17.8. The molecule has 0 aliphatic carbocycles. The van der Waals surface area contributed by atoms with Gasteiger partial charge in [0.2, 0.25) is 0 Å². The van der Waals surface area contributed by atoms with Crippen LogP contribution in [0.3, 0.4) is 0 Å². The number of halogens is 2. The molecule has 0 aliphatic heterocycles. The minimum atomic E-state index is -0.413. The maximum absolute atomic E-state index is 13.8. The lowest BCUT2D eigenvalue weighted by Crippen LogP contribution is -2.16. The van der Waals surface area contributed by atoms with E-state index in [0.717, 1.165) is 5.56 Å². The van der Waals surface area contributed by atoms with Crippen molar-refractivity contribution in [3.63, 3.8) is 0 Å². The number of nitrogens with zero attached hydrogens (tertiary/aromatic N) is 2. The van der Waals surface area contributed by atoms with Crippen LogP contribution in [0.2, 0.25) is 5.02 Å². The van der Waals surface area contributed by atoms with Gasteiger partial charge in [0.1, 0.15) is 23.2 Å². The summed E-state index contributed by atoms with van der Waals surface area (Å²) in [6.07, 6.45) is 0. The molecule has 132 valence electrons. The Kier molecular flexibility index (Phi) is 5.14. The molecule has 0 radical (unpaired) electrons. The maximum Gasteiger partial charge on any atom is 0.274 e. The summed E-state index contributed by atoms with van der Waals surface area (Å²) >= 11 is 5.98. The Hall–Kier alpha value is -2.99. The van der Waals surface area contributed by atoms with Crippen LogP contribution in [-0.2, 0) is 0 Å². The average molecular weight is 371 g/mol. The lowest BCUT2D eigenvalue weighted by atomic mass is 10.2. The van der Waals surface area contributed by atoms with E-state index in [-0.39, 0.29) is 11.4 Å². The second-order valence-corrected chi connectivity index (χ2v) is 6.14. The highest BCUT2D eigenvalue weighted by molar-refractivity contribution is 6.31. The zero-order valence-corrected chi connectivity index (χ0v) is 14.9. The van der Waals surface area contributed by atoms with Crippen LogP contribution in [-0.4, -0.2) is 15.9 Å². The maximum atomic E-state index is 13.8. The number of hydrogen-bond donors (Lipinski definition) is 2. The summed E-state index contributed by atoms with van der Waals surface area (Å²) in [5.74, 6) is -0.100. The van der Waals surface area contributed by atoms with Gasteiger partial charge in [0.25, 0.3) is 5.91 Å². The van der Waals surface area contributed by atoms with Crippen molar-refractivity contribution in [1.82, 2.24) is 9.97 Å². The molecule has 1 amide bonds. The van der Waals surface area contributed by atoms with Crippen molar-refractivity contribution in [1.29, 1.82) is 0 Å². The van der Waals surface area contributed by atoms with Crippen molar-refractivity contribution in [3.05, 3.63) is 76.5 Å². The summed E-state index contributed by atoms with van der Waals surface area (Å²) in [6, 6.07) is 12.9. The van der Waals surface area contributed by atoms with Crippen LogP contribution >= 0.6 is 11.6 Å². The summed E-state index contributed by atoms with van der Waals surface area (Å²) < 4.78 is 13.8. The molecule has 0 bridgehead atoms. The Bertz CT molecular complexity index is 978. The van der Waals surface area contributed by atoms with Gasteiger partial charge >= 0.3 is 0 Å². The number of aromatic nitrogens is 2. The first-order valence-corrected chi connectivity index (χ1v) is 8.25. The van der Waals surface area contributed by atoms with E-state index in [1.807, 2.05) is 13.0 Å². The van der Waals surface area contributed by atoms with Gasteiger partial charge in [-0.25, -0.2) is 14.4 Å². The fourth-order valence-corrected chi connectivity index (χ4v) is 2.54. The molecule has 0 atom stereocenters. The summed E-state index contributed by atoms with van der Waals surface area (Å²) in [5.41, 5.74) is 1.90. The van der Waals surface area contributed by atoms with Crippen LogP contribution in [0.1, 0.15) is 21.9 Å². The molecule has 0 unspecified atom stereocenters. The second kappa shape index (κ2) is 7.49. The third-order valence-electron chi connectivity index (χ3n) is 3.66. The molecular formula is C19H16ClFN4O. The fourth-order valence-electron chi connectivity index (χ4n) is 2.36. The van der Waals surface area contributed by atoms with Gasteiger partial charge in [-0.15, -0.1) is 0 Å². The molecule has 0 saturated heterocycles.